The van der Waals surface area contributed by atoms with Crippen molar-refractivity contribution < 1.29 is 32.9 Å². The second-order valence-electron chi connectivity index (χ2n) is 22.7. The predicted molar refractivity (Wildman–Crippen MR) is 332 cm³/mol. The highest BCUT2D eigenvalue weighted by molar-refractivity contribution is 7.47. The maximum Gasteiger partial charge on any atom is 0.472 e. The van der Waals surface area contributed by atoms with Gasteiger partial charge in [0.25, 0.3) is 0 Å². The average Bonchev–Trinajstić information content (AvgIpc) is 3.38. The second kappa shape index (κ2) is 57.4. The van der Waals surface area contributed by atoms with Crippen molar-refractivity contribution in [3.63, 3.8) is 0 Å². The van der Waals surface area contributed by atoms with E-state index in [4.69, 9.17) is 9.05 Å². The molecule has 0 fully saturated rings. The number of unbranched alkanes of at least 4 members (excludes halogenated alkanes) is 33. The Balaban J connectivity index is 4.07. The van der Waals surface area contributed by atoms with E-state index in [-0.39, 0.29) is 19.1 Å². The van der Waals surface area contributed by atoms with Crippen LogP contribution in [0.4, 0.5) is 0 Å². The molecule has 9 heteroatoms. The van der Waals surface area contributed by atoms with Gasteiger partial charge in [0, 0.05) is 6.42 Å². The van der Waals surface area contributed by atoms with E-state index in [0.29, 0.717) is 17.4 Å². The van der Waals surface area contributed by atoms with E-state index < -0.39 is 20.0 Å². The van der Waals surface area contributed by atoms with Crippen LogP contribution < -0.4 is 5.32 Å². The van der Waals surface area contributed by atoms with E-state index in [2.05, 4.69) is 92.1 Å². The maximum atomic E-state index is 13.0. The van der Waals surface area contributed by atoms with Crippen LogP contribution in [0.5, 0.6) is 0 Å². The number of likely N-dealkylation sites (N-methyl/N-ethyl adjacent to an activating group) is 1. The van der Waals surface area contributed by atoms with Crippen LogP contribution in [-0.4, -0.2) is 73.4 Å². The molecule has 0 aromatic heterocycles. The highest BCUT2D eigenvalue weighted by Crippen LogP contribution is 2.43. The normalized spacial score (nSPS) is 14.4. The molecule has 1 amide bonds. The van der Waals surface area contributed by atoms with Gasteiger partial charge in [0.1, 0.15) is 13.2 Å². The van der Waals surface area contributed by atoms with Gasteiger partial charge in [-0.1, -0.05) is 279 Å². The zero-order chi connectivity index (χ0) is 55.6. The number of quaternary nitrogens is 1. The lowest BCUT2D eigenvalue weighted by Crippen LogP contribution is -2.45. The van der Waals surface area contributed by atoms with E-state index in [1.807, 2.05) is 27.2 Å². The quantitative estimate of drug-likeness (QED) is 0.0243. The fourth-order valence-corrected chi connectivity index (χ4v) is 9.86. The molecule has 0 saturated carbocycles. The summed E-state index contributed by atoms with van der Waals surface area (Å²) >= 11 is 0. The lowest BCUT2D eigenvalue weighted by atomic mass is 10.0. The largest absolute Gasteiger partial charge is 0.472 e. The number of nitrogens with zero attached hydrogens (tertiary/aromatic N) is 1. The van der Waals surface area contributed by atoms with Gasteiger partial charge in [0.2, 0.25) is 5.91 Å². The Kier molecular flexibility index (Phi) is 55.6. The molecular weight excluding hydrogens is 960 g/mol. The van der Waals surface area contributed by atoms with Gasteiger partial charge in [-0.05, 0) is 83.5 Å². The van der Waals surface area contributed by atoms with Crippen LogP contribution in [0, 0.1) is 0 Å². The molecule has 0 aliphatic carbocycles. The number of phosphoric ester groups is 1. The summed E-state index contributed by atoms with van der Waals surface area (Å²) in [6.45, 7) is 4.69. The molecule has 0 heterocycles. The molecule has 0 rings (SSSR count). The van der Waals surface area contributed by atoms with Gasteiger partial charge in [-0.2, -0.15) is 0 Å². The first-order valence-corrected chi connectivity index (χ1v) is 33.5. The molecule has 442 valence electrons. The Bertz CT molecular complexity index is 1510. The van der Waals surface area contributed by atoms with E-state index in [1.54, 1.807) is 6.08 Å². The third-order valence-corrected chi connectivity index (χ3v) is 15.1. The van der Waals surface area contributed by atoms with Crippen LogP contribution in [0.3, 0.4) is 0 Å². The number of rotatable bonds is 58. The Hall–Kier alpha value is -2.32. The summed E-state index contributed by atoms with van der Waals surface area (Å²) in [4.78, 5) is 23.3. The smallest absolute Gasteiger partial charge is 0.387 e. The molecule has 0 spiro atoms. The minimum atomic E-state index is -4.36. The summed E-state index contributed by atoms with van der Waals surface area (Å²) in [5, 5.41) is 13.9. The van der Waals surface area contributed by atoms with E-state index in [0.717, 1.165) is 70.6 Å². The molecule has 0 bridgehead atoms. The monoisotopic (exact) mass is 1080 g/mol. The molecule has 0 aromatic carbocycles. The molecule has 0 radical (unpaired) electrons. The van der Waals surface area contributed by atoms with E-state index >= 15 is 0 Å². The summed E-state index contributed by atoms with van der Waals surface area (Å²) in [5.74, 6) is -0.189. The number of carbonyl (C=O) groups excluding carboxylic acids is 1. The SMILES string of the molecule is CC/C=C\C/C=C\C/C=C\C/C=C\CCCCCCCCCCCCCCCCCCCCCCCCC(=O)NC(COP(=O)(O)OCC[N+](C)(C)C)C(O)/C=C/CC/C=C/CC/C=C/CCCCCCCCCCC. The molecule has 8 nitrogen and oxygen atoms in total. The first-order chi connectivity index (χ1) is 37.0. The molecule has 0 saturated heterocycles. The van der Waals surface area contributed by atoms with Crippen LogP contribution >= 0.6 is 7.82 Å². The molecule has 76 heavy (non-hydrogen) atoms. The van der Waals surface area contributed by atoms with E-state index in [1.165, 1.54) is 193 Å². The Labute approximate surface area is 471 Å². The Morgan fingerprint density at radius 2 is 0.803 bits per heavy atom. The maximum absolute atomic E-state index is 13.0. The number of aliphatic hydroxyl groups excluding tert-OH is 1. The van der Waals surface area contributed by atoms with Crippen LogP contribution in [0.25, 0.3) is 0 Å². The molecule has 3 unspecified atom stereocenters. The summed E-state index contributed by atoms with van der Waals surface area (Å²) in [6, 6.07) is -0.872. The molecule has 3 atom stereocenters. The van der Waals surface area contributed by atoms with Crippen LogP contribution in [0.2, 0.25) is 0 Å². The summed E-state index contributed by atoms with van der Waals surface area (Å²) in [7, 11) is 1.55. The molecule has 0 aliphatic heterocycles. The number of phosphoric acid groups is 1. The van der Waals surface area contributed by atoms with Crippen molar-refractivity contribution >= 4 is 13.7 Å². The number of nitrogens with one attached hydrogen (secondary N) is 1. The minimum Gasteiger partial charge on any atom is -0.387 e. The van der Waals surface area contributed by atoms with Gasteiger partial charge in [-0.25, -0.2) is 4.57 Å². The molecule has 0 aromatic rings. The lowest BCUT2D eigenvalue weighted by Gasteiger charge is -2.25. The van der Waals surface area contributed by atoms with Crippen molar-refractivity contribution in [2.24, 2.45) is 0 Å². The number of amides is 1. The van der Waals surface area contributed by atoms with Crippen molar-refractivity contribution in [2.45, 2.75) is 296 Å². The van der Waals surface area contributed by atoms with E-state index in [9.17, 15) is 19.4 Å². The standard InChI is InChI=1S/C67H123N2O6P/c1-6-8-10-12-14-16-18-20-22-24-26-27-28-29-30-31-32-33-34-35-36-37-38-39-40-41-43-45-47-49-51-53-55-57-59-61-67(71)68-65(64-75-76(72,73)74-63-62-69(3,4)5)66(70)60-58-56-54-52-50-48-46-44-42-25-23-21-19-17-15-13-11-9-7-2/h8,10,14,16,20,22,26-27,42,44,50,52,58,60,65-66,70H,6-7,9,11-13,15,17-19,21,23-25,28-41,43,45-49,51,53-57,59,61-64H2,1-5H3,(H-,68,71,72,73)/p+1/b10-8-,16-14-,22-20-,27-26-,44-42+,52-50+,60-58+. The van der Waals surface area contributed by atoms with Crippen molar-refractivity contribution in [1.82, 2.24) is 5.32 Å². The fourth-order valence-electron chi connectivity index (χ4n) is 9.13. The highest BCUT2D eigenvalue weighted by Gasteiger charge is 2.27. The third-order valence-electron chi connectivity index (χ3n) is 14.1. The zero-order valence-corrected chi connectivity index (χ0v) is 51.4. The molecule has 0 aliphatic rings. The number of aliphatic hydroxyl groups is 1. The van der Waals surface area contributed by atoms with Gasteiger partial charge >= 0.3 is 7.82 Å². The third kappa shape index (κ3) is 59.3. The summed E-state index contributed by atoms with van der Waals surface area (Å²) < 4.78 is 23.7. The van der Waals surface area contributed by atoms with Crippen LogP contribution in [0.15, 0.2) is 85.1 Å². The van der Waals surface area contributed by atoms with Gasteiger partial charge in [0.15, 0.2) is 0 Å². The second-order valence-corrected chi connectivity index (χ2v) is 24.2. The van der Waals surface area contributed by atoms with Crippen molar-refractivity contribution in [2.75, 3.05) is 40.9 Å². The minimum absolute atomic E-state index is 0.0524. The number of allylic oxidation sites excluding steroid dienone is 13. The van der Waals surface area contributed by atoms with Gasteiger partial charge < -0.3 is 19.8 Å². The number of hydrogen-bond acceptors (Lipinski definition) is 5. The fraction of sp³-hybridized carbons (Fsp3) is 0.776. The number of carbonyl (C=O) groups is 1. The van der Waals surface area contributed by atoms with Gasteiger partial charge in [-0.3, -0.25) is 13.8 Å². The highest BCUT2D eigenvalue weighted by atomic mass is 31.2. The first kappa shape index (κ1) is 73.7. The first-order valence-electron chi connectivity index (χ1n) is 32.0. The van der Waals surface area contributed by atoms with Crippen LogP contribution in [0.1, 0.15) is 284 Å². The van der Waals surface area contributed by atoms with Crippen molar-refractivity contribution in [1.29, 1.82) is 0 Å². The Morgan fingerprint density at radius 1 is 0.461 bits per heavy atom. The predicted octanol–water partition coefficient (Wildman–Crippen LogP) is 20.0. The average molecular weight is 1080 g/mol. The number of hydrogen-bond donors (Lipinski definition) is 3. The summed E-state index contributed by atoms with van der Waals surface area (Å²) in [6.07, 6.45) is 81.5. The Morgan fingerprint density at radius 3 is 1.21 bits per heavy atom. The van der Waals surface area contributed by atoms with Crippen LogP contribution in [-0.2, 0) is 18.4 Å². The van der Waals surface area contributed by atoms with Gasteiger partial charge in [-0.15, -0.1) is 0 Å². The topological polar surface area (TPSA) is 105 Å². The summed E-state index contributed by atoms with van der Waals surface area (Å²) in [5.41, 5.74) is 0. The van der Waals surface area contributed by atoms with Gasteiger partial charge in [0.05, 0.1) is 39.9 Å². The van der Waals surface area contributed by atoms with Crippen molar-refractivity contribution in [3.8, 4) is 0 Å². The lowest BCUT2D eigenvalue weighted by molar-refractivity contribution is -0.870. The molecule has 3 N–H and O–H groups in total. The molecular formula is C67H124N2O6P+. The van der Waals surface area contributed by atoms with Crippen molar-refractivity contribution in [3.05, 3.63) is 85.1 Å². The zero-order valence-electron chi connectivity index (χ0n) is 50.5.